The smallest absolute Gasteiger partial charge is 0.407 e. The topological polar surface area (TPSA) is 79.8 Å². The largest absolute Gasteiger partial charge is 0.444 e. The zero-order valence-corrected chi connectivity index (χ0v) is 10.7. The van der Waals surface area contributed by atoms with E-state index in [9.17, 15) is 9.90 Å². The molecule has 0 bridgehead atoms. The maximum Gasteiger partial charge on any atom is 0.407 e. The highest BCUT2D eigenvalue weighted by Gasteiger charge is 2.25. The Hall–Kier alpha value is -0.850. The highest BCUT2D eigenvalue weighted by Crippen LogP contribution is 2.06. The standard InChI is InChI=1S/C11H22N2O4/c1-11(2,3)17-10(15)13-5-4-12-8-6-16-7-9(8)14/h8-9,12,14H,4-7H2,1-3H3,(H,13,15). The third-order valence-corrected chi connectivity index (χ3v) is 2.25. The number of rotatable bonds is 4. The molecular formula is C11H22N2O4. The van der Waals surface area contributed by atoms with Crippen molar-refractivity contribution in [1.82, 2.24) is 10.6 Å². The van der Waals surface area contributed by atoms with Crippen LogP contribution in [0.2, 0.25) is 0 Å². The quantitative estimate of drug-likeness (QED) is 0.602. The first-order chi connectivity index (χ1) is 7.88. The predicted molar refractivity (Wildman–Crippen MR) is 62.9 cm³/mol. The lowest BCUT2D eigenvalue weighted by atomic mass is 10.2. The molecule has 6 heteroatoms. The molecule has 0 aromatic carbocycles. The molecule has 1 saturated heterocycles. The molecule has 1 amide bonds. The molecule has 2 unspecified atom stereocenters. The zero-order valence-electron chi connectivity index (χ0n) is 10.7. The summed E-state index contributed by atoms with van der Waals surface area (Å²) in [7, 11) is 0. The summed E-state index contributed by atoms with van der Waals surface area (Å²) in [6.07, 6.45) is -0.890. The summed E-state index contributed by atoms with van der Waals surface area (Å²) in [6, 6.07) is -0.0459. The maximum atomic E-state index is 11.3. The molecule has 0 aliphatic carbocycles. The Labute approximate surface area is 102 Å². The van der Waals surface area contributed by atoms with Crippen LogP contribution < -0.4 is 10.6 Å². The molecule has 1 aliphatic heterocycles. The predicted octanol–water partition coefficient (Wildman–Crippen LogP) is -0.140. The monoisotopic (exact) mass is 246 g/mol. The lowest BCUT2D eigenvalue weighted by Gasteiger charge is -2.20. The second-order valence-corrected chi connectivity index (χ2v) is 5.09. The van der Waals surface area contributed by atoms with Crippen LogP contribution >= 0.6 is 0 Å². The number of amides is 1. The van der Waals surface area contributed by atoms with Crippen molar-refractivity contribution >= 4 is 6.09 Å². The van der Waals surface area contributed by atoms with Crippen molar-refractivity contribution in [2.24, 2.45) is 0 Å². The fourth-order valence-corrected chi connectivity index (χ4v) is 1.47. The van der Waals surface area contributed by atoms with Gasteiger partial charge >= 0.3 is 6.09 Å². The van der Waals surface area contributed by atoms with Crippen LogP contribution in [0.25, 0.3) is 0 Å². The summed E-state index contributed by atoms with van der Waals surface area (Å²) < 4.78 is 10.2. The van der Waals surface area contributed by atoms with Gasteiger partial charge in [-0.1, -0.05) is 0 Å². The van der Waals surface area contributed by atoms with Gasteiger partial charge in [0, 0.05) is 13.1 Å². The molecule has 6 nitrogen and oxygen atoms in total. The molecule has 1 fully saturated rings. The number of aliphatic hydroxyl groups excluding tert-OH is 1. The van der Waals surface area contributed by atoms with E-state index in [4.69, 9.17) is 9.47 Å². The molecule has 17 heavy (non-hydrogen) atoms. The number of aliphatic hydroxyl groups is 1. The van der Waals surface area contributed by atoms with E-state index in [0.717, 1.165) is 0 Å². The molecule has 1 aliphatic rings. The van der Waals surface area contributed by atoms with E-state index in [-0.39, 0.29) is 6.04 Å². The minimum absolute atomic E-state index is 0.0459. The van der Waals surface area contributed by atoms with Crippen LogP contribution in [0, 0.1) is 0 Å². The third kappa shape index (κ3) is 5.86. The molecule has 0 aromatic heterocycles. The Kier molecular flexibility index (Phi) is 5.17. The summed E-state index contributed by atoms with van der Waals surface area (Å²) in [4.78, 5) is 11.3. The number of nitrogens with one attached hydrogen (secondary N) is 2. The van der Waals surface area contributed by atoms with Gasteiger partial charge < -0.3 is 25.2 Å². The van der Waals surface area contributed by atoms with Gasteiger partial charge in [-0.25, -0.2) is 4.79 Å². The van der Waals surface area contributed by atoms with Crippen LogP contribution in [0.15, 0.2) is 0 Å². The maximum absolute atomic E-state index is 11.3. The van der Waals surface area contributed by atoms with E-state index in [1.807, 2.05) is 20.8 Å². The van der Waals surface area contributed by atoms with Gasteiger partial charge in [-0.3, -0.25) is 0 Å². The summed E-state index contributed by atoms with van der Waals surface area (Å²) in [5.74, 6) is 0. The van der Waals surface area contributed by atoms with Gasteiger partial charge in [0.1, 0.15) is 5.60 Å². The van der Waals surface area contributed by atoms with E-state index in [0.29, 0.717) is 26.3 Å². The minimum Gasteiger partial charge on any atom is -0.444 e. The van der Waals surface area contributed by atoms with Crippen LogP contribution in [-0.2, 0) is 9.47 Å². The molecule has 1 rings (SSSR count). The first-order valence-electron chi connectivity index (χ1n) is 5.84. The second-order valence-electron chi connectivity index (χ2n) is 5.09. The summed E-state index contributed by atoms with van der Waals surface area (Å²) in [6.45, 7) is 7.36. The first kappa shape index (κ1) is 14.2. The van der Waals surface area contributed by atoms with Crippen LogP contribution in [0.4, 0.5) is 4.79 Å². The minimum atomic E-state index is -0.479. The molecule has 100 valence electrons. The lowest BCUT2D eigenvalue weighted by molar-refractivity contribution is 0.0527. The van der Waals surface area contributed by atoms with Gasteiger partial charge in [-0.2, -0.15) is 0 Å². The van der Waals surface area contributed by atoms with Gasteiger partial charge in [0.05, 0.1) is 25.4 Å². The molecule has 0 radical (unpaired) electrons. The number of hydrogen-bond donors (Lipinski definition) is 3. The van der Waals surface area contributed by atoms with Gasteiger partial charge in [0.25, 0.3) is 0 Å². The molecular weight excluding hydrogens is 224 g/mol. The van der Waals surface area contributed by atoms with Crippen molar-refractivity contribution in [3.63, 3.8) is 0 Å². The average Bonchev–Trinajstić information content (AvgIpc) is 2.56. The van der Waals surface area contributed by atoms with Crippen molar-refractivity contribution in [3.05, 3.63) is 0 Å². The van der Waals surface area contributed by atoms with E-state index < -0.39 is 17.8 Å². The molecule has 0 aromatic rings. The SMILES string of the molecule is CC(C)(C)OC(=O)NCCNC1COCC1O. The zero-order chi connectivity index (χ0) is 12.9. The first-order valence-corrected chi connectivity index (χ1v) is 5.84. The van der Waals surface area contributed by atoms with E-state index in [2.05, 4.69) is 10.6 Å². The van der Waals surface area contributed by atoms with E-state index >= 15 is 0 Å². The molecule has 2 atom stereocenters. The summed E-state index contributed by atoms with van der Waals surface area (Å²) >= 11 is 0. The van der Waals surface area contributed by atoms with Crippen molar-refractivity contribution in [3.8, 4) is 0 Å². The van der Waals surface area contributed by atoms with Gasteiger partial charge in [-0.15, -0.1) is 0 Å². The van der Waals surface area contributed by atoms with Crippen molar-refractivity contribution in [1.29, 1.82) is 0 Å². The number of carbonyl (C=O) groups excluding carboxylic acids is 1. The lowest BCUT2D eigenvalue weighted by Crippen LogP contribution is -2.43. The highest BCUT2D eigenvalue weighted by molar-refractivity contribution is 5.67. The Morgan fingerprint density at radius 3 is 2.65 bits per heavy atom. The molecule has 3 N–H and O–H groups in total. The fraction of sp³-hybridized carbons (Fsp3) is 0.909. The Bertz CT molecular complexity index is 252. The summed E-state index contributed by atoms with van der Waals surface area (Å²) in [5.41, 5.74) is -0.479. The number of hydrogen-bond acceptors (Lipinski definition) is 5. The third-order valence-electron chi connectivity index (χ3n) is 2.25. The second kappa shape index (κ2) is 6.18. The Morgan fingerprint density at radius 2 is 2.12 bits per heavy atom. The normalized spacial score (nSPS) is 24.7. The van der Waals surface area contributed by atoms with Crippen molar-refractivity contribution < 1.29 is 19.4 Å². The van der Waals surface area contributed by atoms with Crippen molar-refractivity contribution in [2.75, 3.05) is 26.3 Å². The number of ether oxygens (including phenoxy) is 2. The molecule has 1 heterocycles. The average molecular weight is 246 g/mol. The van der Waals surface area contributed by atoms with Crippen LogP contribution in [0.3, 0.4) is 0 Å². The number of alkyl carbamates (subject to hydrolysis) is 1. The van der Waals surface area contributed by atoms with E-state index in [1.165, 1.54) is 0 Å². The fourth-order valence-electron chi connectivity index (χ4n) is 1.47. The molecule has 0 saturated carbocycles. The van der Waals surface area contributed by atoms with Crippen LogP contribution in [0.5, 0.6) is 0 Å². The summed E-state index contributed by atoms with van der Waals surface area (Å²) in [5, 5.41) is 15.2. The number of carbonyl (C=O) groups is 1. The van der Waals surface area contributed by atoms with Gasteiger partial charge in [-0.05, 0) is 20.8 Å². The van der Waals surface area contributed by atoms with Crippen LogP contribution in [0.1, 0.15) is 20.8 Å². The highest BCUT2D eigenvalue weighted by atomic mass is 16.6. The van der Waals surface area contributed by atoms with Crippen molar-refractivity contribution in [2.45, 2.75) is 38.5 Å². The van der Waals surface area contributed by atoms with Gasteiger partial charge in [0.2, 0.25) is 0 Å². The van der Waals surface area contributed by atoms with Crippen LogP contribution in [-0.4, -0.2) is 55.2 Å². The Morgan fingerprint density at radius 1 is 1.41 bits per heavy atom. The Balaban J connectivity index is 2.06. The van der Waals surface area contributed by atoms with E-state index in [1.54, 1.807) is 0 Å². The van der Waals surface area contributed by atoms with Gasteiger partial charge in [0.15, 0.2) is 0 Å². The molecule has 0 spiro atoms.